The van der Waals surface area contributed by atoms with Gasteiger partial charge in [0.2, 0.25) is 0 Å². The number of halogens is 1. The zero-order valence-electron chi connectivity index (χ0n) is 18.9. The van der Waals surface area contributed by atoms with E-state index >= 15 is 0 Å². The molecule has 0 unspecified atom stereocenters. The van der Waals surface area contributed by atoms with Crippen molar-refractivity contribution < 1.29 is 14.0 Å². The van der Waals surface area contributed by atoms with Gasteiger partial charge >= 0.3 is 0 Å². The van der Waals surface area contributed by atoms with Crippen LogP contribution in [0.3, 0.4) is 0 Å². The van der Waals surface area contributed by atoms with E-state index in [9.17, 15) is 9.59 Å². The van der Waals surface area contributed by atoms with E-state index in [4.69, 9.17) is 4.42 Å². The molecule has 0 atom stereocenters. The Morgan fingerprint density at radius 1 is 0.971 bits per heavy atom. The molecule has 0 bridgehead atoms. The smallest absolute Gasteiger partial charge is 0.276 e. The van der Waals surface area contributed by atoms with Crippen LogP contribution >= 0.6 is 15.9 Å². The zero-order valence-corrected chi connectivity index (χ0v) is 20.5. The maximum atomic E-state index is 13.1. The quantitative estimate of drug-likeness (QED) is 0.322. The van der Waals surface area contributed by atoms with Crippen LogP contribution in [0.15, 0.2) is 75.6 Å². The summed E-state index contributed by atoms with van der Waals surface area (Å²) in [6.45, 7) is 3.41. The summed E-state index contributed by atoms with van der Waals surface area (Å²) in [6, 6.07) is 20.8. The van der Waals surface area contributed by atoms with Gasteiger partial charge in [-0.3, -0.25) is 14.3 Å². The summed E-state index contributed by atoms with van der Waals surface area (Å²) < 4.78 is 8.61. The van der Waals surface area contributed by atoms with E-state index in [1.165, 1.54) is 0 Å². The molecule has 0 saturated carbocycles. The van der Waals surface area contributed by atoms with E-state index in [2.05, 4.69) is 26.3 Å². The van der Waals surface area contributed by atoms with E-state index in [-0.39, 0.29) is 11.8 Å². The molecule has 0 aliphatic carbocycles. The number of nitrogens with one attached hydrogen (secondary N) is 1. The molecule has 0 spiro atoms. The lowest BCUT2D eigenvalue weighted by atomic mass is 10.1. The van der Waals surface area contributed by atoms with Crippen molar-refractivity contribution in [1.29, 1.82) is 0 Å². The molecule has 0 saturated heterocycles. The van der Waals surface area contributed by atoms with Crippen LogP contribution in [0.1, 0.15) is 32.1 Å². The predicted molar refractivity (Wildman–Crippen MR) is 138 cm³/mol. The van der Waals surface area contributed by atoms with Gasteiger partial charge in [0.25, 0.3) is 11.8 Å². The van der Waals surface area contributed by atoms with Gasteiger partial charge in [0.05, 0.1) is 18.8 Å². The lowest BCUT2D eigenvalue weighted by Crippen LogP contribution is -2.38. The van der Waals surface area contributed by atoms with Crippen LogP contribution in [0.25, 0.3) is 21.9 Å². The monoisotopic (exact) mass is 528 g/mol. The number of para-hydroxylation sites is 1. The third-order valence-electron chi connectivity index (χ3n) is 6.37. The maximum Gasteiger partial charge on any atom is 0.276 e. The molecule has 2 aromatic heterocycles. The Kier molecular flexibility index (Phi) is 5.18. The Morgan fingerprint density at radius 3 is 2.66 bits per heavy atom. The molecule has 1 aliphatic rings. The maximum absolute atomic E-state index is 13.1. The lowest BCUT2D eigenvalue weighted by Gasteiger charge is -2.28. The van der Waals surface area contributed by atoms with E-state index in [0.29, 0.717) is 36.6 Å². The number of hydrogen-bond donors (Lipinski definition) is 1. The second kappa shape index (κ2) is 8.39. The number of amides is 2. The first-order valence-electron chi connectivity index (χ1n) is 11.3. The first-order chi connectivity index (χ1) is 17.0. The fraction of sp³-hybridized carbons (Fsp3) is 0.148. The van der Waals surface area contributed by atoms with Crippen LogP contribution in [0.5, 0.6) is 0 Å². The number of aromatic nitrogens is 2. The number of rotatable bonds is 3. The van der Waals surface area contributed by atoms with E-state index in [1.54, 1.807) is 15.6 Å². The van der Waals surface area contributed by atoms with E-state index in [0.717, 1.165) is 37.7 Å². The highest BCUT2D eigenvalue weighted by Crippen LogP contribution is 2.30. The molecule has 0 fully saturated rings. The van der Waals surface area contributed by atoms with Gasteiger partial charge < -0.3 is 14.6 Å². The van der Waals surface area contributed by atoms with Gasteiger partial charge in [0.15, 0.2) is 5.69 Å². The Hall–Kier alpha value is -3.91. The van der Waals surface area contributed by atoms with Crippen LogP contribution in [-0.4, -0.2) is 33.0 Å². The van der Waals surface area contributed by atoms with Crippen LogP contribution in [0.4, 0.5) is 5.69 Å². The molecule has 35 heavy (non-hydrogen) atoms. The van der Waals surface area contributed by atoms with Crippen molar-refractivity contribution >= 4 is 55.4 Å². The molecule has 7 nitrogen and oxygen atoms in total. The van der Waals surface area contributed by atoms with Crippen molar-refractivity contribution in [2.75, 3.05) is 11.9 Å². The minimum absolute atomic E-state index is 0.0194. The highest BCUT2D eigenvalue weighted by Gasteiger charge is 2.25. The summed E-state index contributed by atoms with van der Waals surface area (Å²) in [7, 11) is 0. The summed E-state index contributed by atoms with van der Waals surface area (Å²) >= 11 is 3.44. The first-order valence-corrected chi connectivity index (χ1v) is 12.1. The number of carbonyl (C=O) groups is 2. The second-order valence-electron chi connectivity index (χ2n) is 8.69. The lowest BCUT2D eigenvalue weighted by molar-refractivity contribution is 0.0705. The third-order valence-corrected chi connectivity index (χ3v) is 6.86. The summed E-state index contributed by atoms with van der Waals surface area (Å²) in [5.74, 6) is -0.310. The zero-order chi connectivity index (χ0) is 24.1. The molecule has 3 heterocycles. The van der Waals surface area contributed by atoms with Gasteiger partial charge in [-0.25, -0.2) is 0 Å². The second-order valence-corrected chi connectivity index (χ2v) is 9.61. The number of carbonyl (C=O) groups excluding carboxylic acids is 2. The Bertz CT molecular complexity index is 1630. The molecule has 3 aromatic carbocycles. The van der Waals surface area contributed by atoms with Crippen molar-refractivity contribution in [3.63, 3.8) is 0 Å². The summed E-state index contributed by atoms with van der Waals surface area (Å²) in [4.78, 5) is 27.9. The number of hydrogen-bond acceptors (Lipinski definition) is 4. The molecule has 1 aliphatic heterocycles. The molecule has 174 valence electrons. The van der Waals surface area contributed by atoms with Gasteiger partial charge in [-0.05, 0) is 61.0 Å². The fourth-order valence-corrected chi connectivity index (χ4v) is 5.06. The Morgan fingerprint density at radius 2 is 1.80 bits per heavy atom. The molecule has 6 rings (SSSR count). The van der Waals surface area contributed by atoms with Gasteiger partial charge in [0, 0.05) is 33.0 Å². The molecular formula is C27H21BrN4O3. The average molecular weight is 529 g/mol. The van der Waals surface area contributed by atoms with Crippen molar-refractivity contribution in [3.8, 4) is 0 Å². The molecule has 1 N–H and O–H groups in total. The SMILES string of the molecule is Cc1cc(Br)ccc1C(=O)N1CCn2nc(C(=O)Nc3ccc4oc5ccccc5c4c3)cc2C1. The standard InChI is InChI=1S/C27H21BrN4O3/c1-16-12-17(28)6-8-20(16)27(34)31-10-11-32-19(15-31)14-23(30-32)26(33)29-18-7-9-25-22(13-18)21-4-2-3-5-24(21)35-25/h2-9,12-14H,10-11,15H2,1H3,(H,29,33). The summed E-state index contributed by atoms with van der Waals surface area (Å²) in [5, 5.41) is 9.38. The molecular weight excluding hydrogens is 508 g/mol. The Balaban J connectivity index is 1.21. The van der Waals surface area contributed by atoms with E-state index < -0.39 is 0 Å². The van der Waals surface area contributed by atoms with Crippen molar-refractivity contribution in [2.24, 2.45) is 0 Å². The highest BCUT2D eigenvalue weighted by molar-refractivity contribution is 9.10. The number of fused-ring (bicyclic) bond motifs is 4. The summed E-state index contributed by atoms with van der Waals surface area (Å²) in [5.41, 5.74) is 5.01. The van der Waals surface area contributed by atoms with Crippen molar-refractivity contribution in [2.45, 2.75) is 20.0 Å². The topological polar surface area (TPSA) is 80.4 Å². The molecule has 0 radical (unpaired) electrons. The van der Waals surface area contributed by atoms with Crippen LogP contribution in [-0.2, 0) is 13.1 Å². The van der Waals surface area contributed by atoms with Gasteiger partial charge in [-0.2, -0.15) is 5.10 Å². The fourth-order valence-electron chi connectivity index (χ4n) is 4.59. The first kappa shape index (κ1) is 21.6. The number of furan rings is 1. The van der Waals surface area contributed by atoms with Gasteiger partial charge in [-0.15, -0.1) is 0 Å². The highest BCUT2D eigenvalue weighted by atomic mass is 79.9. The Labute approximate surface area is 209 Å². The number of anilines is 1. The normalized spacial score (nSPS) is 13.3. The van der Waals surface area contributed by atoms with Crippen molar-refractivity contribution in [3.05, 3.63) is 93.7 Å². The molecule has 8 heteroatoms. The third kappa shape index (κ3) is 3.89. The van der Waals surface area contributed by atoms with Gasteiger partial charge in [0.1, 0.15) is 11.2 Å². The number of benzene rings is 3. The molecule has 2 amide bonds. The minimum Gasteiger partial charge on any atom is -0.456 e. The number of nitrogens with zero attached hydrogens (tertiary/aromatic N) is 3. The largest absolute Gasteiger partial charge is 0.456 e. The minimum atomic E-state index is -0.291. The summed E-state index contributed by atoms with van der Waals surface area (Å²) in [6.07, 6.45) is 0. The molecule has 5 aromatic rings. The van der Waals surface area contributed by atoms with Crippen molar-refractivity contribution in [1.82, 2.24) is 14.7 Å². The van der Waals surface area contributed by atoms with Crippen LogP contribution in [0, 0.1) is 6.92 Å². The average Bonchev–Trinajstić information content (AvgIpc) is 3.44. The predicted octanol–water partition coefficient (Wildman–Crippen LogP) is 5.76. The van der Waals surface area contributed by atoms with E-state index in [1.807, 2.05) is 67.6 Å². The van der Waals surface area contributed by atoms with Crippen LogP contribution in [0.2, 0.25) is 0 Å². The van der Waals surface area contributed by atoms with Crippen LogP contribution < -0.4 is 5.32 Å². The van der Waals surface area contributed by atoms with Gasteiger partial charge in [-0.1, -0.05) is 34.1 Å². The number of aryl methyl sites for hydroxylation is 1.